The van der Waals surface area contributed by atoms with E-state index in [9.17, 15) is 4.79 Å². The van der Waals surface area contributed by atoms with Gasteiger partial charge in [-0.25, -0.2) is 4.98 Å². The average Bonchev–Trinajstić information content (AvgIpc) is 3.15. The van der Waals surface area contributed by atoms with Gasteiger partial charge >= 0.3 is 0 Å². The summed E-state index contributed by atoms with van der Waals surface area (Å²) in [7, 11) is 0. The van der Waals surface area contributed by atoms with Gasteiger partial charge in [-0.15, -0.1) is 0 Å². The van der Waals surface area contributed by atoms with Gasteiger partial charge in [-0.2, -0.15) is 0 Å². The van der Waals surface area contributed by atoms with Crippen LogP contribution in [0.5, 0.6) is 0 Å². The molecule has 0 aliphatic carbocycles. The third kappa shape index (κ3) is 3.70. The Hall–Kier alpha value is -2.37. The number of benzene rings is 2. The number of nitrogens with zero attached hydrogens (tertiary/aromatic N) is 2. The molecule has 4 nitrogen and oxygen atoms in total. The van der Waals surface area contributed by atoms with E-state index in [-0.39, 0.29) is 0 Å². The molecule has 1 fully saturated rings. The Bertz CT molecular complexity index is 927. The van der Waals surface area contributed by atoms with Crippen LogP contribution in [0.4, 0.5) is 0 Å². The van der Waals surface area contributed by atoms with Crippen LogP contribution in [0.1, 0.15) is 24.2 Å². The van der Waals surface area contributed by atoms with Crippen LogP contribution in [0.25, 0.3) is 5.69 Å². The second-order valence-corrected chi connectivity index (χ2v) is 8.00. The van der Waals surface area contributed by atoms with Gasteiger partial charge in [0.15, 0.2) is 0 Å². The number of aldehydes is 1. The minimum Gasteiger partial charge on any atom is -0.381 e. The molecule has 1 aliphatic heterocycles. The lowest BCUT2D eigenvalue weighted by Crippen LogP contribution is -2.35. The van der Waals surface area contributed by atoms with E-state index in [0.717, 1.165) is 41.1 Å². The second kappa shape index (κ2) is 7.71. The molecule has 0 spiro atoms. The van der Waals surface area contributed by atoms with Gasteiger partial charge in [-0.05, 0) is 61.7 Å². The van der Waals surface area contributed by atoms with E-state index in [1.165, 1.54) is 4.90 Å². The molecule has 2 heterocycles. The number of carbonyl (C=O) groups excluding carboxylic acids is 1. The first-order valence-corrected chi connectivity index (χ1v) is 9.95. The maximum absolute atomic E-state index is 11.9. The molecule has 0 atom stereocenters. The summed E-state index contributed by atoms with van der Waals surface area (Å²) < 4.78 is 7.52. The summed E-state index contributed by atoms with van der Waals surface area (Å²) in [5.41, 5.74) is 1.79. The first-order chi connectivity index (χ1) is 13.2. The lowest BCUT2D eigenvalue weighted by Gasteiger charge is -2.32. The molecular weight excluding hydrogens is 356 g/mol. The number of hydrogen-bond acceptors (Lipinski definition) is 4. The third-order valence-electron chi connectivity index (χ3n) is 5.20. The molecule has 4 rings (SSSR count). The smallest absolute Gasteiger partial charge is 0.130 e. The van der Waals surface area contributed by atoms with Crippen LogP contribution in [0.3, 0.4) is 0 Å². The van der Waals surface area contributed by atoms with Gasteiger partial charge in [0.05, 0.1) is 5.41 Å². The average molecular weight is 378 g/mol. The van der Waals surface area contributed by atoms with E-state index in [1.54, 1.807) is 11.8 Å². The van der Waals surface area contributed by atoms with Crippen LogP contribution in [0.2, 0.25) is 0 Å². The zero-order valence-corrected chi connectivity index (χ0v) is 16.1. The molecule has 0 bridgehead atoms. The highest BCUT2D eigenvalue weighted by atomic mass is 32.2. The Morgan fingerprint density at radius 2 is 1.89 bits per heavy atom. The van der Waals surface area contributed by atoms with Crippen molar-refractivity contribution in [2.24, 2.45) is 0 Å². The van der Waals surface area contributed by atoms with Gasteiger partial charge in [-0.3, -0.25) is 0 Å². The van der Waals surface area contributed by atoms with E-state index in [0.29, 0.717) is 13.2 Å². The van der Waals surface area contributed by atoms with Gasteiger partial charge in [0.25, 0.3) is 0 Å². The van der Waals surface area contributed by atoms with E-state index in [4.69, 9.17) is 4.74 Å². The minimum atomic E-state index is -0.405. The standard InChI is InChI=1S/C22H22N2O2S/c1-17-23-11-12-24(17)19-5-7-20(8-6-19)27-21-4-2-3-18(15-21)22(16-25)9-13-26-14-10-22/h2-8,11-12,15-16H,9-10,13-14H2,1H3. The molecule has 5 heteroatoms. The normalized spacial score (nSPS) is 16.2. The fourth-order valence-electron chi connectivity index (χ4n) is 3.54. The van der Waals surface area contributed by atoms with Crippen molar-refractivity contribution >= 4 is 18.0 Å². The number of hydrogen-bond donors (Lipinski definition) is 0. The van der Waals surface area contributed by atoms with Crippen molar-refractivity contribution in [3.05, 3.63) is 72.3 Å². The Morgan fingerprint density at radius 1 is 1.11 bits per heavy atom. The number of rotatable bonds is 5. The molecule has 0 saturated carbocycles. The monoisotopic (exact) mass is 378 g/mol. The Labute approximate surface area is 163 Å². The van der Waals surface area contributed by atoms with Crippen LogP contribution < -0.4 is 0 Å². The summed E-state index contributed by atoms with van der Waals surface area (Å²) in [6.07, 6.45) is 6.39. The molecule has 1 aliphatic rings. The number of imidazole rings is 1. The summed E-state index contributed by atoms with van der Waals surface area (Å²) in [5.74, 6) is 0.971. The van der Waals surface area contributed by atoms with Crippen LogP contribution in [-0.4, -0.2) is 29.1 Å². The molecule has 138 valence electrons. The zero-order valence-electron chi connectivity index (χ0n) is 15.3. The Balaban J connectivity index is 1.55. The predicted molar refractivity (Wildman–Crippen MR) is 107 cm³/mol. The highest BCUT2D eigenvalue weighted by Crippen LogP contribution is 2.36. The molecule has 3 aromatic rings. The summed E-state index contributed by atoms with van der Waals surface area (Å²) >= 11 is 1.71. The first kappa shape index (κ1) is 18.0. The third-order valence-corrected chi connectivity index (χ3v) is 6.19. The molecule has 1 saturated heterocycles. The molecule has 0 amide bonds. The molecule has 0 radical (unpaired) electrons. The summed E-state index contributed by atoms with van der Waals surface area (Å²) in [6.45, 7) is 3.28. The van der Waals surface area contributed by atoms with Crippen molar-refractivity contribution in [1.29, 1.82) is 0 Å². The molecular formula is C22H22N2O2S. The predicted octanol–water partition coefficient (Wildman–Crippen LogP) is 4.58. The maximum atomic E-state index is 11.9. The largest absolute Gasteiger partial charge is 0.381 e. The van der Waals surface area contributed by atoms with Crippen molar-refractivity contribution in [3.63, 3.8) is 0 Å². The lowest BCUT2D eigenvalue weighted by molar-refractivity contribution is -0.115. The molecule has 1 aromatic heterocycles. The summed E-state index contributed by atoms with van der Waals surface area (Å²) in [6, 6.07) is 16.8. The van der Waals surface area contributed by atoms with Gasteiger partial charge in [0, 0.05) is 41.1 Å². The van der Waals surface area contributed by atoms with Crippen molar-refractivity contribution in [2.75, 3.05) is 13.2 Å². The quantitative estimate of drug-likeness (QED) is 0.610. The van der Waals surface area contributed by atoms with Gasteiger partial charge in [0.2, 0.25) is 0 Å². The van der Waals surface area contributed by atoms with E-state index < -0.39 is 5.41 Å². The number of aryl methyl sites for hydroxylation is 1. The fourth-order valence-corrected chi connectivity index (χ4v) is 4.42. The molecule has 0 unspecified atom stereocenters. The van der Waals surface area contributed by atoms with E-state index >= 15 is 0 Å². The summed E-state index contributed by atoms with van der Waals surface area (Å²) in [4.78, 5) is 18.4. The van der Waals surface area contributed by atoms with Gasteiger partial charge in [0.1, 0.15) is 12.1 Å². The zero-order chi connectivity index (χ0) is 18.7. The Morgan fingerprint density at radius 3 is 2.56 bits per heavy atom. The SMILES string of the molecule is Cc1nccn1-c1ccc(Sc2cccc(C3(C=O)CCOCC3)c2)cc1. The lowest BCUT2D eigenvalue weighted by atomic mass is 9.75. The first-order valence-electron chi connectivity index (χ1n) is 9.13. The van der Waals surface area contributed by atoms with Crippen LogP contribution >= 0.6 is 11.8 Å². The highest BCUT2D eigenvalue weighted by molar-refractivity contribution is 7.99. The van der Waals surface area contributed by atoms with E-state index in [2.05, 4.69) is 52.0 Å². The number of carbonyl (C=O) groups is 1. The Kier molecular flexibility index (Phi) is 5.14. The van der Waals surface area contributed by atoms with Crippen LogP contribution in [0.15, 0.2) is 70.7 Å². The highest BCUT2D eigenvalue weighted by Gasteiger charge is 2.34. The van der Waals surface area contributed by atoms with Gasteiger partial charge in [-0.1, -0.05) is 23.9 Å². The number of ether oxygens (including phenoxy) is 1. The second-order valence-electron chi connectivity index (χ2n) is 6.85. The van der Waals surface area contributed by atoms with Crippen LogP contribution in [0, 0.1) is 6.92 Å². The van der Waals surface area contributed by atoms with Crippen LogP contribution in [-0.2, 0) is 14.9 Å². The fraction of sp³-hybridized carbons (Fsp3) is 0.273. The topological polar surface area (TPSA) is 44.1 Å². The van der Waals surface area contributed by atoms with Crippen molar-refractivity contribution in [1.82, 2.24) is 9.55 Å². The van der Waals surface area contributed by atoms with E-state index in [1.807, 2.05) is 25.4 Å². The molecule has 2 aromatic carbocycles. The van der Waals surface area contributed by atoms with Crippen molar-refractivity contribution < 1.29 is 9.53 Å². The minimum absolute atomic E-state index is 0.405. The molecule has 27 heavy (non-hydrogen) atoms. The van der Waals surface area contributed by atoms with Gasteiger partial charge < -0.3 is 14.1 Å². The van der Waals surface area contributed by atoms with Crippen molar-refractivity contribution in [2.45, 2.75) is 35.0 Å². The van der Waals surface area contributed by atoms with Crippen molar-refractivity contribution in [3.8, 4) is 5.69 Å². The summed E-state index contributed by atoms with van der Waals surface area (Å²) in [5, 5.41) is 0. The maximum Gasteiger partial charge on any atom is 0.130 e. The number of aromatic nitrogens is 2. The molecule has 0 N–H and O–H groups in total.